The number of halogens is 1. The number of pyridine rings is 1. The summed E-state index contributed by atoms with van der Waals surface area (Å²) in [6.07, 6.45) is 6.90. The molecule has 30 heavy (non-hydrogen) atoms. The molecule has 0 unspecified atom stereocenters. The monoisotopic (exact) mass is 412 g/mol. The third kappa shape index (κ3) is 4.19. The Bertz CT molecular complexity index is 1050. The molecule has 8 nitrogen and oxygen atoms in total. The number of likely N-dealkylation sites (tertiary alicyclic amines) is 1. The molecule has 9 heteroatoms. The van der Waals surface area contributed by atoms with Crippen molar-refractivity contribution in [3.8, 4) is 11.3 Å². The summed E-state index contributed by atoms with van der Waals surface area (Å²) >= 11 is 0. The molecule has 0 bridgehead atoms. The van der Waals surface area contributed by atoms with E-state index in [4.69, 9.17) is 4.74 Å². The molecule has 0 aliphatic carbocycles. The Morgan fingerprint density at radius 2 is 2.13 bits per heavy atom. The summed E-state index contributed by atoms with van der Waals surface area (Å²) < 4.78 is 20.7. The van der Waals surface area contributed by atoms with Crippen molar-refractivity contribution in [3.05, 3.63) is 43.0 Å². The lowest BCUT2D eigenvalue weighted by Crippen LogP contribution is -2.41. The molecular weight excluding hydrogens is 387 g/mol. The second kappa shape index (κ2) is 7.89. The van der Waals surface area contributed by atoms with Gasteiger partial charge in [0.05, 0.1) is 35.8 Å². The van der Waals surface area contributed by atoms with Crippen LogP contribution in [0.5, 0.6) is 0 Å². The van der Waals surface area contributed by atoms with Gasteiger partial charge in [0.25, 0.3) is 0 Å². The van der Waals surface area contributed by atoms with E-state index in [2.05, 4.69) is 20.4 Å². The number of hydrogen-bond acceptors (Lipinski definition) is 6. The van der Waals surface area contributed by atoms with E-state index in [1.165, 1.54) is 4.90 Å². The number of ether oxygens (including phenoxy) is 1. The van der Waals surface area contributed by atoms with Crippen LogP contribution < -0.4 is 5.32 Å². The number of hydrogen-bond donors (Lipinski definition) is 1. The van der Waals surface area contributed by atoms with Crippen LogP contribution in [0.2, 0.25) is 0 Å². The summed E-state index contributed by atoms with van der Waals surface area (Å²) in [6, 6.07) is 5.15. The molecule has 0 spiro atoms. The maximum Gasteiger partial charge on any atom is 0.410 e. The third-order valence-corrected chi connectivity index (χ3v) is 4.91. The van der Waals surface area contributed by atoms with E-state index in [1.54, 1.807) is 43.9 Å². The molecule has 4 heterocycles. The molecule has 2 atom stereocenters. The Kier molecular flexibility index (Phi) is 5.27. The zero-order valence-electron chi connectivity index (χ0n) is 17.2. The minimum absolute atomic E-state index is 0.147. The number of amides is 1. The fourth-order valence-corrected chi connectivity index (χ4v) is 3.62. The van der Waals surface area contributed by atoms with Crippen molar-refractivity contribution in [2.24, 2.45) is 0 Å². The van der Waals surface area contributed by atoms with Crippen LogP contribution >= 0.6 is 0 Å². The average Bonchev–Trinajstić information content (AvgIpc) is 3.31. The van der Waals surface area contributed by atoms with Gasteiger partial charge in [-0.25, -0.2) is 18.7 Å². The maximum atomic E-state index is 13.5. The van der Waals surface area contributed by atoms with Crippen LogP contribution in [-0.2, 0) is 4.74 Å². The molecule has 1 amide bonds. The van der Waals surface area contributed by atoms with Crippen LogP contribution in [0.25, 0.3) is 16.8 Å². The van der Waals surface area contributed by atoms with Crippen LogP contribution in [0, 0.1) is 0 Å². The predicted molar refractivity (Wildman–Crippen MR) is 111 cm³/mol. The van der Waals surface area contributed by atoms with Crippen LogP contribution in [-0.4, -0.2) is 61.5 Å². The number of carbonyl (C=O) groups is 1. The summed E-state index contributed by atoms with van der Waals surface area (Å²) in [6.45, 7) is 5.10. The summed E-state index contributed by atoms with van der Waals surface area (Å²) in [4.78, 5) is 22.8. The highest BCUT2D eigenvalue weighted by Gasteiger charge is 2.37. The molecule has 0 saturated carbocycles. The van der Waals surface area contributed by atoms with Gasteiger partial charge in [0, 0.05) is 24.3 Å². The Labute approximate surface area is 174 Å². The normalized spacial score (nSPS) is 19.3. The van der Waals surface area contributed by atoms with Crippen LogP contribution in [0.15, 0.2) is 43.0 Å². The topological polar surface area (TPSA) is 84.6 Å². The first-order valence-electron chi connectivity index (χ1n) is 9.91. The van der Waals surface area contributed by atoms with E-state index < -0.39 is 24.4 Å². The minimum atomic E-state index is -0.627. The number of alkyl halides is 1. The maximum absolute atomic E-state index is 13.5. The van der Waals surface area contributed by atoms with E-state index in [9.17, 15) is 9.18 Å². The molecular formula is C21H25FN6O2. The van der Waals surface area contributed by atoms with Gasteiger partial charge in [-0.2, -0.15) is 5.10 Å². The first-order valence-corrected chi connectivity index (χ1v) is 9.91. The number of fused-ring (bicyclic) bond motifs is 1. The van der Waals surface area contributed by atoms with E-state index in [-0.39, 0.29) is 6.04 Å². The zero-order valence-corrected chi connectivity index (χ0v) is 17.2. The highest BCUT2D eigenvalue weighted by molar-refractivity contribution is 5.77. The van der Waals surface area contributed by atoms with Gasteiger partial charge in [0.15, 0.2) is 0 Å². The Morgan fingerprint density at radius 1 is 1.30 bits per heavy atom. The number of nitrogens with one attached hydrogen (secondary N) is 1. The lowest BCUT2D eigenvalue weighted by Gasteiger charge is -2.27. The molecule has 3 aromatic rings. The molecule has 1 fully saturated rings. The minimum Gasteiger partial charge on any atom is -0.444 e. The van der Waals surface area contributed by atoms with Gasteiger partial charge in [-0.1, -0.05) is 6.07 Å². The van der Waals surface area contributed by atoms with E-state index in [1.807, 2.05) is 24.4 Å². The quantitative estimate of drug-likeness (QED) is 0.705. The zero-order chi connectivity index (χ0) is 21.3. The van der Waals surface area contributed by atoms with Crippen molar-refractivity contribution >= 4 is 17.4 Å². The second-order valence-electron chi connectivity index (χ2n) is 8.40. The predicted octanol–water partition coefficient (Wildman–Crippen LogP) is 3.55. The van der Waals surface area contributed by atoms with Gasteiger partial charge in [-0.05, 0) is 39.3 Å². The Hall–Kier alpha value is -3.23. The van der Waals surface area contributed by atoms with Gasteiger partial charge >= 0.3 is 6.09 Å². The number of aromatic nitrogens is 4. The van der Waals surface area contributed by atoms with Gasteiger partial charge < -0.3 is 15.0 Å². The van der Waals surface area contributed by atoms with Crippen molar-refractivity contribution in [1.29, 1.82) is 0 Å². The van der Waals surface area contributed by atoms with Crippen molar-refractivity contribution in [1.82, 2.24) is 24.5 Å². The summed E-state index contributed by atoms with van der Waals surface area (Å²) in [5.74, 6) is 0.566. The second-order valence-corrected chi connectivity index (χ2v) is 8.40. The van der Waals surface area contributed by atoms with Crippen molar-refractivity contribution in [2.75, 3.05) is 18.5 Å². The molecule has 0 radical (unpaired) electrons. The standard InChI is InChI=1S/C21H25FN6O2/c1-21(2,3)30-20(29)27-13-14(8-15(27)9-22)25-19-12-23-11-17(26-19)16-10-24-28-7-5-4-6-18(16)28/h4-7,10-12,14-15H,8-9,13H2,1-3H3,(H,25,26)/t14-,15+/m1/s1. The van der Waals surface area contributed by atoms with Gasteiger partial charge in [-0.3, -0.25) is 4.98 Å². The molecule has 1 saturated heterocycles. The molecule has 0 aromatic carbocycles. The van der Waals surface area contributed by atoms with E-state index >= 15 is 0 Å². The summed E-state index contributed by atoms with van der Waals surface area (Å²) in [7, 11) is 0. The highest BCUT2D eigenvalue weighted by atomic mass is 19.1. The molecule has 1 aliphatic heterocycles. The van der Waals surface area contributed by atoms with E-state index in [0.29, 0.717) is 24.5 Å². The van der Waals surface area contributed by atoms with Gasteiger partial charge in [0.2, 0.25) is 0 Å². The smallest absolute Gasteiger partial charge is 0.410 e. The van der Waals surface area contributed by atoms with Crippen molar-refractivity contribution < 1.29 is 13.9 Å². The lowest BCUT2D eigenvalue weighted by molar-refractivity contribution is 0.0206. The van der Waals surface area contributed by atoms with Gasteiger partial charge in [0.1, 0.15) is 18.1 Å². The SMILES string of the molecule is CC(C)(C)OC(=O)N1C[C@H](Nc2cncc(-c3cnn4ccccc34)n2)C[C@H]1CF. The Morgan fingerprint density at radius 3 is 2.90 bits per heavy atom. The summed E-state index contributed by atoms with van der Waals surface area (Å²) in [5.41, 5.74) is 1.86. The summed E-state index contributed by atoms with van der Waals surface area (Å²) in [5, 5.41) is 7.62. The third-order valence-electron chi connectivity index (χ3n) is 4.91. The highest BCUT2D eigenvalue weighted by Crippen LogP contribution is 2.26. The lowest BCUT2D eigenvalue weighted by atomic mass is 10.2. The average molecular weight is 412 g/mol. The van der Waals surface area contributed by atoms with Crippen molar-refractivity contribution in [3.63, 3.8) is 0 Å². The molecule has 1 N–H and O–H groups in total. The first kappa shape index (κ1) is 20.1. The van der Waals surface area contributed by atoms with Crippen LogP contribution in [0.4, 0.5) is 15.0 Å². The van der Waals surface area contributed by atoms with E-state index in [0.717, 1.165) is 11.1 Å². The number of carbonyl (C=O) groups excluding carboxylic acids is 1. The van der Waals surface area contributed by atoms with Gasteiger partial charge in [-0.15, -0.1) is 0 Å². The number of rotatable bonds is 4. The Balaban J connectivity index is 1.50. The molecule has 1 aliphatic rings. The first-order chi connectivity index (χ1) is 14.3. The van der Waals surface area contributed by atoms with Crippen LogP contribution in [0.3, 0.4) is 0 Å². The number of anilines is 1. The number of nitrogens with zero attached hydrogens (tertiary/aromatic N) is 5. The largest absolute Gasteiger partial charge is 0.444 e. The van der Waals surface area contributed by atoms with Crippen LogP contribution in [0.1, 0.15) is 27.2 Å². The molecule has 158 valence electrons. The van der Waals surface area contributed by atoms with Crippen molar-refractivity contribution in [2.45, 2.75) is 44.9 Å². The molecule has 4 rings (SSSR count). The fraction of sp³-hybridized carbons (Fsp3) is 0.429. The molecule has 3 aromatic heterocycles. The fourth-order valence-electron chi connectivity index (χ4n) is 3.62.